The number of hydrogen-bond donors (Lipinski definition) is 1. The molecule has 2 aromatic carbocycles. The number of ether oxygens (including phenoxy) is 2. The van der Waals surface area contributed by atoms with Crippen molar-refractivity contribution in [3.63, 3.8) is 0 Å². The lowest BCUT2D eigenvalue weighted by Crippen LogP contribution is -2.22. The molecule has 44 heavy (non-hydrogen) atoms. The Hall–Kier alpha value is -2.12. The van der Waals surface area contributed by atoms with Crippen LogP contribution in [0.25, 0.3) is 0 Å². The van der Waals surface area contributed by atoms with Gasteiger partial charge in [0.2, 0.25) is 0 Å². The minimum absolute atomic E-state index is 0.0572. The van der Waals surface area contributed by atoms with Crippen molar-refractivity contribution in [3.8, 4) is 11.5 Å². The summed E-state index contributed by atoms with van der Waals surface area (Å²) in [4.78, 5) is 26.2. The Morgan fingerprint density at radius 2 is 0.955 bits per heavy atom. The number of rotatable bonds is 10. The molecule has 0 atom stereocenters. The Kier molecular flexibility index (Phi) is 11.9. The van der Waals surface area contributed by atoms with Crippen LogP contribution in [-0.4, -0.2) is 28.2 Å². The van der Waals surface area contributed by atoms with Crippen molar-refractivity contribution >= 4 is 35.5 Å². The standard InChI is InChI=1S/C37H56O5S2/c1-33(2,3)25-19-23(20-26(31(25)41-15)34(4,5)6)43-37(13,14)44-24-21-27(35(7,8)9)32(28(22-24)36(10,11)12)42-30(40)18-16-17-29(38)39/h19-22H,16-18H2,1-15H3,(H,38,39). The molecule has 0 amide bonds. The van der Waals surface area contributed by atoms with Crippen molar-refractivity contribution in [1.82, 2.24) is 0 Å². The molecule has 0 saturated heterocycles. The van der Waals surface area contributed by atoms with Crippen molar-refractivity contribution in [2.45, 2.75) is 152 Å². The first-order chi connectivity index (χ1) is 19.8. The molecule has 0 radical (unpaired) electrons. The lowest BCUT2D eigenvalue weighted by molar-refractivity contribution is -0.137. The van der Waals surface area contributed by atoms with Gasteiger partial charge in [0, 0.05) is 44.9 Å². The predicted molar refractivity (Wildman–Crippen MR) is 187 cm³/mol. The predicted octanol–water partition coefficient (Wildman–Crippen LogP) is 10.7. The number of benzene rings is 2. The SMILES string of the molecule is COc1c(C(C)(C)C)cc(SC(C)(C)Sc2cc(C(C)(C)C)c(OC(=O)CCCC(=O)O)c(C(C)(C)C)c2)cc1C(C)(C)C. The maximum absolute atomic E-state index is 12.9. The first kappa shape index (κ1) is 38.1. The van der Waals surface area contributed by atoms with Gasteiger partial charge in [0.1, 0.15) is 11.5 Å². The zero-order chi connectivity index (χ0) is 34.1. The van der Waals surface area contributed by atoms with Crippen LogP contribution < -0.4 is 9.47 Å². The van der Waals surface area contributed by atoms with E-state index in [0.29, 0.717) is 5.75 Å². The van der Waals surface area contributed by atoms with Crippen molar-refractivity contribution in [2.75, 3.05) is 7.11 Å². The summed E-state index contributed by atoms with van der Waals surface area (Å²) in [6, 6.07) is 8.90. The first-order valence-electron chi connectivity index (χ1n) is 15.5. The summed E-state index contributed by atoms with van der Waals surface area (Å²) < 4.78 is 11.8. The molecule has 0 fully saturated rings. The Balaban J connectivity index is 2.60. The van der Waals surface area contributed by atoms with E-state index in [1.54, 1.807) is 7.11 Å². The van der Waals surface area contributed by atoms with Crippen LogP contribution in [0.15, 0.2) is 34.1 Å². The molecule has 2 rings (SSSR count). The molecule has 0 unspecified atom stereocenters. The van der Waals surface area contributed by atoms with Gasteiger partial charge in [-0.15, -0.1) is 23.5 Å². The fraction of sp³-hybridized carbons (Fsp3) is 0.622. The first-order valence-corrected chi connectivity index (χ1v) is 17.1. The molecule has 7 heteroatoms. The quantitative estimate of drug-likeness (QED) is 0.119. The summed E-state index contributed by atoms with van der Waals surface area (Å²) in [5, 5.41) is 8.99. The molecule has 0 aliphatic heterocycles. The largest absolute Gasteiger partial charge is 0.496 e. The summed E-state index contributed by atoms with van der Waals surface area (Å²) in [6.07, 6.45) is 0.259. The highest BCUT2D eigenvalue weighted by molar-refractivity contribution is 8.18. The summed E-state index contributed by atoms with van der Waals surface area (Å²) in [5.41, 5.74) is 3.61. The van der Waals surface area contributed by atoms with E-state index in [-0.39, 0.29) is 45.0 Å². The molecular weight excluding hydrogens is 589 g/mol. The van der Waals surface area contributed by atoms with E-state index in [2.05, 4.69) is 121 Å². The van der Waals surface area contributed by atoms with Crippen LogP contribution in [0.2, 0.25) is 0 Å². The molecule has 0 aliphatic rings. The lowest BCUT2D eigenvalue weighted by atomic mass is 9.79. The second kappa shape index (κ2) is 13.7. The average molecular weight is 645 g/mol. The van der Waals surface area contributed by atoms with Crippen molar-refractivity contribution in [2.24, 2.45) is 0 Å². The van der Waals surface area contributed by atoms with Crippen molar-refractivity contribution < 1.29 is 24.2 Å². The zero-order valence-corrected chi connectivity index (χ0v) is 31.5. The second-order valence-electron chi connectivity index (χ2n) is 16.2. The third-order valence-electron chi connectivity index (χ3n) is 7.28. The Morgan fingerprint density at radius 1 is 0.614 bits per heavy atom. The average Bonchev–Trinajstić information content (AvgIpc) is 2.81. The third kappa shape index (κ3) is 10.5. The molecular formula is C37H56O5S2. The van der Waals surface area contributed by atoms with Gasteiger partial charge in [-0.1, -0.05) is 83.1 Å². The maximum atomic E-state index is 12.9. The van der Waals surface area contributed by atoms with E-state index in [9.17, 15) is 9.59 Å². The minimum atomic E-state index is -0.913. The Morgan fingerprint density at radius 3 is 1.25 bits per heavy atom. The van der Waals surface area contributed by atoms with Gasteiger partial charge in [0.05, 0.1) is 11.2 Å². The fourth-order valence-electron chi connectivity index (χ4n) is 5.02. The number of carbonyl (C=O) groups is 2. The molecule has 0 aromatic heterocycles. The number of thioether (sulfide) groups is 2. The fourth-order valence-corrected chi connectivity index (χ4v) is 7.60. The van der Waals surface area contributed by atoms with Crippen LogP contribution >= 0.6 is 23.5 Å². The van der Waals surface area contributed by atoms with Gasteiger partial charge in [0.15, 0.2) is 0 Å². The Labute approximate surface area is 275 Å². The molecule has 0 saturated carbocycles. The van der Waals surface area contributed by atoms with Crippen LogP contribution in [0.4, 0.5) is 0 Å². The van der Waals surface area contributed by atoms with Gasteiger partial charge in [-0.3, -0.25) is 9.59 Å². The molecule has 0 bridgehead atoms. The number of esters is 1. The summed E-state index contributed by atoms with van der Waals surface area (Å²) >= 11 is 3.66. The molecule has 1 N–H and O–H groups in total. The second-order valence-corrected chi connectivity index (χ2v) is 19.9. The molecule has 5 nitrogen and oxygen atoms in total. The van der Waals surface area contributed by atoms with Crippen LogP contribution in [0.1, 0.15) is 138 Å². The van der Waals surface area contributed by atoms with Crippen molar-refractivity contribution in [1.29, 1.82) is 0 Å². The minimum Gasteiger partial charge on any atom is -0.496 e. The normalized spacial score (nSPS) is 13.2. The van der Waals surface area contributed by atoms with E-state index in [4.69, 9.17) is 14.6 Å². The number of carbonyl (C=O) groups excluding carboxylic acids is 1. The number of aliphatic carboxylic acids is 1. The number of carboxylic acids is 1. The van der Waals surface area contributed by atoms with Crippen LogP contribution in [0, 0.1) is 0 Å². The Bertz CT molecular complexity index is 1280. The van der Waals surface area contributed by atoms with E-state index in [1.165, 1.54) is 16.0 Å². The molecule has 0 spiro atoms. The van der Waals surface area contributed by atoms with E-state index in [1.807, 2.05) is 23.5 Å². The van der Waals surface area contributed by atoms with Gasteiger partial charge in [-0.2, -0.15) is 0 Å². The van der Waals surface area contributed by atoms with Gasteiger partial charge in [-0.05, 0) is 66.2 Å². The van der Waals surface area contributed by atoms with E-state index in [0.717, 1.165) is 21.8 Å². The monoisotopic (exact) mass is 644 g/mol. The molecule has 2 aromatic rings. The molecule has 0 aliphatic carbocycles. The van der Waals surface area contributed by atoms with Crippen LogP contribution in [0.5, 0.6) is 11.5 Å². The van der Waals surface area contributed by atoms with Crippen molar-refractivity contribution in [3.05, 3.63) is 46.5 Å². The number of hydrogen-bond acceptors (Lipinski definition) is 6. The smallest absolute Gasteiger partial charge is 0.311 e. The number of carboxylic acid groups (broad SMARTS) is 1. The summed E-state index contributed by atoms with van der Waals surface area (Å²) in [7, 11) is 1.77. The van der Waals surface area contributed by atoms with Gasteiger partial charge in [0.25, 0.3) is 0 Å². The summed E-state index contributed by atoms with van der Waals surface area (Å²) in [5.74, 6) is 0.254. The summed E-state index contributed by atoms with van der Waals surface area (Å²) in [6.45, 7) is 30.7. The zero-order valence-electron chi connectivity index (χ0n) is 29.8. The van der Waals surface area contributed by atoms with Gasteiger partial charge < -0.3 is 14.6 Å². The maximum Gasteiger partial charge on any atom is 0.311 e. The van der Waals surface area contributed by atoms with E-state index < -0.39 is 11.9 Å². The molecule has 246 valence electrons. The highest BCUT2D eigenvalue weighted by atomic mass is 32.2. The highest BCUT2D eigenvalue weighted by Gasteiger charge is 2.33. The van der Waals surface area contributed by atoms with Gasteiger partial charge in [-0.25, -0.2) is 0 Å². The van der Waals surface area contributed by atoms with Crippen LogP contribution in [-0.2, 0) is 31.2 Å². The van der Waals surface area contributed by atoms with E-state index >= 15 is 0 Å². The topological polar surface area (TPSA) is 72.8 Å². The lowest BCUT2D eigenvalue weighted by Gasteiger charge is -2.33. The molecule has 0 heterocycles. The van der Waals surface area contributed by atoms with Crippen LogP contribution in [0.3, 0.4) is 0 Å². The number of methoxy groups -OCH3 is 1. The third-order valence-corrected chi connectivity index (χ3v) is 9.70. The highest BCUT2D eigenvalue weighted by Crippen LogP contribution is 2.51. The van der Waals surface area contributed by atoms with Gasteiger partial charge >= 0.3 is 11.9 Å².